The highest BCUT2D eigenvalue weighted by atomic mass is 35.5. The van der Waals surface area contributed by atoms with Crippen molar-refractivity contribution in [2.24, 2.45) is 5.73 Å². The minimum atomic E-state index is 0. The molecule has 3 aromatic rings. The summed E-state index contributed by atoms with van der Waals surface area (Å²) in [6.07, 6.45) is 3.86. The van der Waals surface area contributed by atoms with Crippen LogP contribution >= 0.6 is 23.7 Å². The van der Waals surface area contributed by atoms with Crippen molar-refractivity contribution >= 4 is 39.7 Å². The number of hydrogen-bond donors (Lipinski definition) is 1. The number of aryl methyl sites for hydroxylation is 1. The number of carbonyl (C=O) groups excluding carboxylic acids is 1. The maximum atomic E-state index is 13.0. The van der Waals surface area contributed by atoms with Crippen LogP contribution in [0.25, 0.3) is 10.1 Å². The Hall–Kier alpha value is -1.96. The summed E-state index contributed by atoms with van der Waals surface area (Å²) in [4.78, 5) is 15.7. The van der Waals surface area contributed by atoms with E-state index in [1.54, 1.807) is 11.3 Å². The van der Waals surface area contributed by atoms with Crippen LogP contribution in [0.2, 0.25) is 0 Å². The number of hydrogen-bond acceptors (Lipinski definition) is 5. The molecule has 2 aromatic heterocycles. The van der Waals surface area contributed by atoms with Gasteiger partial charge in [0.1, 0.15) is 0 Å². The first-order valence-electron chi connectivity index (χ1n) is 8.54. The Morgan fingerprint density at radius 1 is 1.38 bits per heavy atom. The van der Waals surface area contributed by atoms with E-state index in [9.17, 15) is 4.79 Å². The van der Waals surface area contributed by atoms with Gasteiger partial charge in [-0.1, -0.05) is 22.9 Å². The number of carbonyl (C=O) groups is 1. The lowest BCUT2D eigenvalue weighted by molar-refractivity contribution is 0.0677. The van der Waals surface area contributed by atoms with E-state index in [1.807, 2.05) is 21.8 Å². The van der Waals surface area contributed by atoms with Crippen molar-refractivity contribution in [1.29, 1.82) is 0 Å². The van der Waals surface area contributed by atoms with Gasteiger partial charge in [-0.15, -0.1) is 28.8 Å². The van der Waals surface area contributed by atoms with Crippen molar-refractivity contribution in [3.8, 4) is 0 Å². The van der Waals surface area contributed by atoms with Gasteiger partial charge in [0.05, 0.1) is 22.8 Å². The molecule has 1 amide bonds. The molecule has 0 bridgehead atoms. The number of piperidine rings is 1. The maximum absolute atomic E-state index is 13.0. The lowest BCUT2D eigenvalue weighted by atomic mass is 10.1. The maximum Gasteiger partial charge on any atom is 0.264 e. The molecule has 6 nitrogen and oxygen atoms in total. The Balaban J connectivity index is 0.00000196. The highest BCUT2D eigenvalue weighted by Crippen LogP contribution is 2.29. The molecule has 1 unspecified atom stereocenters. The number of nitrogens with two attached hydrogens (primary N) is 1. The van der Waals surface area contributed by atoms with Gasteiger partial charge in [-0.05, 0) is 37.3 Å². The molecule has 1 aliphatic heterocycles. The van der Waals surface area contributed by atoms with E-state index in [1.165, 1.54) is 5.56 Å². The molecule has 1 aliphatic rings. The van der Waals surface area contributed by atoms with Gasteiger partial charge < -0.3 is 10.6 Å². The van der Waals surface area contributed by atoms with Crippen LogP contribution in [0.3, 0.4) is 0 Å². The third-order valence-corrected chi connectivity index (χ3v) is 5.81. The van der Waals surface area contributed by atoms with Gasteiger partial charge in [-0.25, -0.2) is 4.68 Å². The van der Waals surface area contributed by atoms with Crippen LogP contribution < -0.4 is 5.73 Å². The molecule has 2 N–H and O–H groups in total. The second-order valence-corrected chi connectivity index (χ2v) is 7.68. The summed E-state index contributed by atoms with van der Waals surface area (Å²) < 4.78 is 3.02. The van der Waals surface area contributed by atoms with Crippen LogP contribution in [-0.4, -0.2) is 38.9 Å². The topological polar surface area (TPSA) is 77.0 Å². The molecule has 0 spiro atoms. The summed E-state index contributed by atoms with van der Waals surface area (Å²) in [6.45, 7) is 3.92. The first kappa shape index (κ1) is 18.8. The zero-order valence-corrected chi connectivity index (χ0v) is 16.2. The zero-order chi connectivity index (χ0) is 17.4. The van der Waals surface area contributed by atoms with Crippen molar-refractivity contribution < 1.29 is 4.79 Å². The van der Waals surface area contributed by atoms with Crippen LogP contribution in [0, 0.1) is 6.92 Å². The molecule has 1 aromatic carbocycles. The van der Waals surface area contributed by atoms with Crippen LogP contribution in [0.15, 0.2) is 30.5 Å². The average molecular weight is 392 g/mol. The van der Waals surface area contributed by atoms with Gasteiger partial charge in [0.25, 0.3) is 5.91 Å². The smallest absolute Gasteiger partial charge is 0.264 e. The third-order valence-electron chi connectivity index (χ3n) is 4.71. The number of benzene rings is 1. The van der Waals surface area contributed by atoms with Crippen LogP contribution in [0.1, 0.15) is 39.8 Å². The van der Waals surface area contributed by atoms with Gasteiger partial charge in [0.15, 0.2) is 0 Å². The van der Waals surface area contributed by atoms with E-state index in [0.717, 1.165) is 40.0 Å². The third kappa shape index (κ3) is 3.60. The fourth-order valence-corrected chi connectivity index (χ4v) is 4.38. The predicted octanol–water partition coefficient (Wildman–Crippen LogP) is 3.16. The number of likely N-dealkylation sites (tertiary alicyclic amines) is 1. The first-order chi connectivity index (χ1) is 12.1. The minimum Gasteiger partial charge on any atom is -0.336 e. The fourth-order valence-electron chi connectivity index (χ4n) is 3.36. The summed E-state index contributed by atoms with van der Waals surface area (Å²) >= 11 is 1.57. The number of halogens is 1. The molecule has 0 radical (unpaired) electrons. The number of fused-ring (bicyclic) bond motifs is 1. The Kier molecular flexibility index (Phi) is 5.60. The zero-order valence-electron chi connectivity index (χ0n) is 14.6. The molecule has 26 heavy (non-hydrogen) atoms. The molecule has 1 saturated heterocycles. The lowest BCUT2D eigenvalue weighted by Crippen LogP contribution is -2.40. The van der Waals surface area contributed by atoms with Gasteiger partial charge in [0, 0.05) is 24.3 Å². The second-order valence-electron chi connectivity index (χ2n) is 6.59. The molecule has 1 fully saturated rings. The number of thiophene rings is 1. The predicted molar refractivity (Wildman–Crippen MR) is 106 cm³/mol. The second kappa shape index (κ2) is 7.73. The van der Waals surface area contributed by atoms with E-state index in [4.69, 9.17) is 5.73 Å². The highest BCUT2D eigenvalue weighted by molar-refractivity contribution is 7.20. The van der Waals surface area contributed by atoms with E-state index >= 15 is 0 Å². The van der Waals surface area contributed by atoms with E-state index in [-0.39, 0.29) is 24.4 Å². The first-order valence-corrected chi connectivity index (χ1v) is 9.36. The summed E-state index contributed by atoms with van der Waals surface area (Å²) in [5.74, 6) is 0.114. The van der Waals surface area contributed by atoms with Gasteiger partial charge in [-0.3, -0.25) is 4.79 Å². The molecule has 1 atom stereocenters. The molecule has 8 heteroatoms. The largest absolute Gasteiger partial charge is 0.336 e. The molecular formula is C18H22ClN5OS. The van der Waals surface area contributed by atoms with E-state index in [0.29, 0.717) is 13.1 Å². The SMILES string of the molecule is Cc1ccc2sc(C(=O)N3CCCC(n4cc(CN)nn4)C3)cc2c1.Cl. The van der Waals surface area contributed by atoms with Crippen molar-refractivity contribution in [3.63, 3.8) is 0 Å². The standard InChI is InChI=1S/C18H21N5OS.ClH/c1-12-4-5-16-13(7-12)8-17(25-16)18(24)22-6-2-3-15(11-22)23-10-14(9-19)20-21-23;/h4-5,7-8,10,15H,2-3,6,9,11,19H2,1H3;1H. The quantitative estimate of drug-likeness (QED) is 0.743. The van der Waals surface area contributed by atoms with Crippen LogP contribution in [-0.2, 0) is 6.54 Å². The summed E-state index contributed by atoms with van der Waals surface area (Å²) in [5.41, 5.74) is 7.61. The average Bonchev–Trinajstić information content (AvgIpc) is 3.27. The van der Waals surface area contributed by atoms with Crippen molar-refractivity contribution in [2.45, 2.75) is 32.4 Å². The van der Waals surface area contributed by atoms with Crippen molar-refractivity contribution in [3.05, 3.63) is 46.6 Å². The molecular weight excluding hydrogens is 370 g/mol. The fraction of sp³-hybridized carbons (Fsp3) is 0.389. The van der Waals surface area contributed by atoms with Crippen LogP contribution in [0.5, 0.6) is 0 Å². The number of rotatable bonds is 3. The Morgan fingerprint density at radius 2 is 2.23 bits per heavy atom. The molecule has 4 rings (SSSR count). The summed E-state index contributed by atoms with van der Waals surface area (Å²) in [5, 5.41) is 9.38. The van der Waals surface area contributed by atoms with Gasteiger partial charge in [0.2, 0.25) is 0 Å². The van der Waals surface area contributed by atoms with E-state index in [2.05, 4.69) is 35.4 Å². The molecule has 0 saturated carbocycles. The Labute approximate surface area is 162 Å². The normalized spacial score (nSPS) is 17.3. The summed E-state index contributed by atoms with van der Waals surface area (Å²) in [7, 11) is 0. The molecule has 0 aliphatic carbocycles. The van der Waals surface area contributed by atoms with Gasteiger partial charge in [-0.2, -0.15) is 0 Å². The number of amides is 1. The summed E-state index contributed by atoms with van der Waals surface area (Å²) in [6, 6.07) is 8.49. The van der Waals surface area contributed by atoms with Gasteiger partial charge >= 0.3 is 0 Å². The van der Waals surface area contributed by atoms with Crippen molar-refractivity contribution in [1.82, 2.24) is 19.9 Å². The van der Waals surface area contributed by atoms with Crippen molar-refractivity contribution in [2.75, 3.05) is 13.1 Å². The number of nitrogens with zero attached hydrogens (tertiary/aromatic N) is 4. The number of aromatic nitrogens is 3. The Bertz CT molecular complexity index is 921. The molecule has 3 heterocycles. The minimum absolute atomic E-state index is 0. The highest BCUT2D eigenvalue weighted by Gasteiger charge is 2.27. The van der Waals surface area contributed by atoms with Crippen LogP contribution in [0.4, 0.5) is 0 Å². The Morgan fingerprint density at radius 3 is 3.00 bits per heavy atom. The monoisotopic (exact) mass is 391 g/mol. The van der Waals surface area contributed by atoms with E-state index < -0.39 is 0 Å². The molecule has 138 valence electrons. The lowest BCUT2D eigenvalue weighted by Gasteiger charge is -2.32.